The van der Waals surface area contributed by atoms with Crippen LogP contribution in [0.5, 0.6) is 5.75 Å². The second-order valence-electron chi connectivity index (χ2n) is 6.98. The smallest absolute Gasteiger partial charge is 0.254 e. The van der Waals surface area contributed by atoms with Crippen LogP contribution in [-0.4, -0.2) is 28.1 Å². The van der Waals surface area contributed by atoms with Crippen LogP contribution in [0.25, 0.3) is 0 Å². The van der Waals surface area contributed by atoms with E-state index in [1.165, 1.54) is 6.21 Å². The standard InChI is InChI=1S/C18H16N2O3/c21-10-3-1-2-9(6-10)8-19-20-17(22)15-11-4-5-12(14-7-13(11)14)16(15)18(20)23/h1-6,8,11-16,21H,7H2/b19-8-/t11-,12-,13-,14-,15-,16+/m0/s1. The Morgan fingerprint density at radius 2 is 1.74 bits per heavy atom. The molecule has 1 heterocycles. The molecule has 4 aliphatic carbocycles. The molecule has 1 N–H and O–H groups in total. The first-order valence-electron chi connectivity index (χ1n) is 8.04. The average Bonchev–Trinajstić information content (AvgIpc) is 3.32. The van der Waals surface area contributed by atoms with Crippen molar-refractivity contribution in [2.45, 2.75) is 6.42 Å². The molecule has 1 aliphatic heterocycles. The van der Waals surface area contributed by atoms with E-state index in [-0.39, 0.29) is 41.2 Å². The molecule has 5 aliphatic rings. The van der Waals surface area contributed by atoms with E-state index in [0.717, 1.165) is 11.4 Å². The molecule has 0 aromatic heterocycles. The Labute approximate surface area is 133 Å². The lowest BCUT2D eigenvalue weighted by molar-refractivity contribution is -0.140. The van der Waals surface area contributed by atoms with Gasteiger partial charge in [-0.2, -0.15) is 10.1 Å². The minimum Gasteiger partial charge on any atom is -0.508 e. The predicted octanol–water partition coefficient (Wildman–Crippen LogP) is 1.78. The molecule has 2 bridgehead atoms. The largest absolute Gasteiger partial charge is 0.508 e. The summed E-state index contributed by atoms with van der Waals surface area (Å²) >= 11 is 0. The summed E-state index contributed by atoms with van der Waals surface area (Å²) in [4.78, 5) is 25.4. The van der Waals surface area contributed by atoms with Gasteiger partial charge in [0.15, 0.2) is 0 Å². The van der Waals surface area contributed by atoms with Gasteiger partial charge in [-0.1, -0.05) is 24.3 Å². The van der Waals surface area contributed by atoms with Crippen LogP contribution >= 0.6 is 0 Å². The van der Waals surface area contributed by atoms with Crippen LogP contribution in [0.15, 0.2) is 41.5 Å². The van der Waals surface area contributed by atoms with Crippen LogP contribution in [-0.2, 0) is 9.59 Å². The normalized spacial score (nSPS) is 39.9. The van der Waals surface area contributed by atoms with Gasteiger partial charge in [-0.05, 0) is 47.8 Å². The summed E-state index contributed by atoms with van der Waals surface area (Å²) in [5, 5.41) is 14.7. The van der Waals surface area contributed by atoms with Crippen LogP contribution in [0, 0.1) is 35.5 Å². The molecule has 0 unspecified atom stereocenters. The molecule has 1 saturated heterocycles. The predicted molar refractivity (Wildman–Crippen MR) is 82.3 cm³/mol. The third-order valence-corrected chi connectivity index (χ3v) is 5.83. The molecule has 23 heavy (non-hydrogen) atoms. The average molecular weight is 308 g/mol. The van der Waals surface area contributed by atoms with Crippen LogP contribution in [0.3, 0.4) is 0 Å². The van der Waals surface area contributed by atoms with Crippen LogP contribution in [0.4, 0.5) is 0 Å². The van der Waals surface area contributed by atoms with E-state index in [0.29, 0.717) is 17.4 Å². The Kier molecular flexibility index (Phi) is 2.45. The van der Waals surface area contributed by atoms with Gasteiger partial charge in [-0.15, -0.1) is 0 Å². The quantitative estimate of drug-likeness (QED) is 0.514. The minimum atomic E-state index is -0.220. The van der Waals surface area contributed by atoms with Crippen LogP contribution in [0.2, 0.25) is 0 Å². The highest BCUT2D eigenvalue weighted by atomic mass is 16.3. The molecular weight excluding hydrogens is 292 g/mol. The number of hydrogen-bond donors (Lipinski definition) is 1. The van der Waals surface area contributed by atoms with Crippen molar-refractivity contribution in [3.8, 4) is 5.75 Å². The Hall–Kier alpha value is -2.43. The summed E-state index contributed by atoms with van der Waals surface area (Å²) in [5.41, 5.74) is 0.657. The summed E-state index contributed by atoms with van der Waals surface area (Å²) in [6.07, 6.45) is 6.91. The van der Waals surface area contributed by atoms with Crippen molar-refractivity contribution in [2.24, 2.45) is 40.6 Å². The number of allylic oxidation sites excluding steroid dienone is 2. The number of carbonyl (C=O) groups is 2. The van der Waals surface area contributed by atoms with E-state index in [2.05, 4.69) is 17.3 Å². The van der Waals surface area contributed by atoms with Crippen molar-refractivity contribution in [2.75, 3.05) is 0 Å². The second-order valence-corrected chi connectivity index (χ2v) is 6.98. The molecule has 0 spiro atoms. The van der Waals surface area contributed by atoms with Gasteiger partial charge in [0.1, 0.15) is 5.75 Å². The Balaban J connectivity index is 1.45. The van der Waals surface area contributed by atoms with Gasteiger partial charge < -0.3 is 5.11 Å². The first-order chi connectivity index (χ1) is 11.1. The third kappa shape index (κ3) is 1.70. The Morgan fingerprint density at radius 1 is 1.09 bits per heavy atom. The Morgan fingerprint density at radius 3 is 2.35 bits per heavy atom. The molecule has 5 nitrogen and oxygen atoms in total. The van der Waals surface area contributed by atoms with Crippen molar-refractivity contribution in [1.29, 1.82) is 0 Å². The lowest BCUT2D eigenvalue weighted by Gasteiger charge is -2.37. The fraction of sp³-hybridized carbons (Fsp3) is 0.389. The van der Waals surface area contributed by atoms with E-state index in [1.54, 1.807) is 24.3 Å². The monoisotopic (exact) mass is 308 g/mol. The first kappa shape index (κ1) is 13.0. The zero-order valence-corrected chi connectivity index (χ0v) is 12.4. The van der Waals surface area contributed by atoms with Gasteiger partial charge in [-0.25, -0.2) is 0 Å². The number of nitrogens with zero attached hydrogens (tertiary/aromatic N) is 2. The molecule has 6 atom stereocenters. The molecule has 2 amide bonds. The molecule has 1 aromatic carbocycles. The van der Waals surface area contributed by atoms with Gasteiger partial charge in [0, 0.05) is 0 Å². The molecule has 1 aromatic rings. The zero-order chi connectivity index (χ0) is 15.7. The summed E-state index contributed by atoms with van der Waals surface area (Å²) < 4.78 is 0. The van der Waals surface area contributed by atoms with E-state index in [9.17, 15) is 14.7 Å². The van der Waals surface area contributed by atoms with Crippen molar-refractivity contribution in [1.82, 2.24) is 5.01 Å². The molecular formula is C18H16N2O3. The number of hydrogen-bond acceptors (Lipinski definition) is 4. The maximum atomic E-state index is 12.7. The van der Waals surface area contributed by atoms with E-state index in [1.807, 2.05) is 0 Å². The number of carbonyl (C=O) groups excluding carboxylic acids is 2. The van der Waals surface area contributed by atoms with Crippen LogP contribution in [0.1, 0.15) is 12.0 Å². The highest BCUT2D eigenvalue weighted by Gasteiger charge is 2.67. The second kappa shape index (κ2) is 4.31. The number of benzene rings is 1. The van der Waals surface area contributed by atoms with Crippen LogP contribution < -0.4 is 0 Å². The van der Waals surface area contributed by atoms with Crippen molar-refractivity contribution in [3.63, 3.8) is 0 Å². The number of rotatable bonds is 2. The maximum Gasteiger partial charge on any atom is 0.254 e. The Bertz CT molecular complexity index is 748. The highest BCUT2D eigenvalue weighted by molar-refractivity contribution is 6.06. The number of phenols is 1. The fourth-order valence-electron chi connectivity index (χ4n) is 4.78. The first-order valence-corrected chi connectivity index (χ1v) is 8.04. The van der Waals surface area contributed by atoms with Gasteiger partial charge in [0.2, 0.25) is 0 Å². The van der Waals surface area contributed by atoms with Gasteiger partial charge in [0.25, 0.3) is 11.8 Å². The van der Waals surface area contributed by atoms with E-state index >= 15 is 0 Å². The lowest BCUT2D eigenvalue weighted by Crippen LogP contribution is -2.40. The highest BCUT2D eigenvalue weighted by Crippen LogP contribution is 2.65. The van der Waals surface area contributed by atoms with Gasteiger partial charge in [0.05, 0.1) is 18.1 Å². The summed E-state index contributed by atoms with van der Waals surface area (Å²) in [6.45, 7) is 0. The van der Waals surface area contributed by atoms with E-state index < -0.39 is 0 Å². The van der Waals surface area contributed by atoms with Gasteiger partial charge in [-0.3, -0.25) is 9.59 Å². The van der Waals surface area contributed by atoms with Gasteiger partial charge >= 0.3 is 0 Å². The molecule has 0 radical (unpaired) electrons. The molecule has 5 heteroatoms. The number of hydrazone groups is 1. The lowest BCUT2D eigenvalue weighted by atomic mass is 9.63. The third-order valence-electron chi connectivity index (χ3n) is 5.83. The number of imide groups is 1. The number of phenolic OH excluding ortho intramolecular Hbond substituents is 1. The summed E-state index contributed by atoms with van der Waals surface area (Å²) in [5.74, 6) is 0.979. The zero-order valence-electron chi connectivity index (χ0n) is 12.4. The minimum absolute atomic E-state index is 0.129. The summed E-state index contributed by atoms with van der Waals surface area (Å²) in [7, 11) is 0. The molecule has 3 fully saturated rings. The molecule has 2 saturated carbocycles. The van der Waals surface area contributed by atoms with Crippen molar-refractivity contribution in [3.05, 3.63) is 42.0 Å². The maximum absolute atomic E-state index is 12.7. The van der Waals surface area contributed by atoms with Crippen molar-refractivity contribution >= 4 is 18.0 Å². The number of amides is 2. The topological polar surface area (TPSA) is 70.0 Å². The SMILES string of the molecule is O=C1[C@@H]2[C@H]3C=C[C@@H]([C@@H]4C[C@@H]34)[C@@H]2C(=O)N1/N=C\c1cccc(O)c1. The number of aromatic hydroxyl groups is 1. The van der Waals surface area contributed by atoms with E-state index in [4.69, 9.17) is 0 Å². The summed E-state index contributed by atoms with van der Waals surface area (Å²) in [6, 6.07) is 6.57. The fourth-order valence-corrected chi connectivity index (χ4v) is 4.78. The molecule has 6 rings (SSSR count). The molecule has 116 valence electrons. The van der Waals surface area contributed by atoms with Crippen molar-refractivity contribution < 1.29 is 14.7 Å².